The van der Waals surface area contributed by atoms with Gasteiger partial charge in [-0.05, 0) is 23.3 Å². The second-order valence-corrected chi connectivity index (χ2v) is 5.13. The van der Waals surface area contributed by atoms with E-state index in [0.29, 0.717) is 5.02 Å². The topological polar surface area (TPSA) is 44.6 Å². The summed E-state index contributed by atoms with van der Waals surface area (Å²) in [5, 5.41) is 14.5. The molecule has 0 amide bonds. The molecule has 0 saturated carbocycles. The fourth-order valence-electron chi connectivity index (χ4n) is 2.35. The van der Waals surface area contributed by atoms with Crippen LogP contribution in [0.15, 0.2) is 53.5 Å². The Morgan fingerprint density at radius 2 is 1.85 bits per heavy atom. The maximum atomic E-state index is 10.6. The van der Waals surface area contributed by atoms with Crippen LogP contribution in [-0.4, -0.2) is 24.0 Å². The molecule has 0 spiro atoms. The third-order valence-electron chi connectivity index (χ3n) is 3.37. The maximum absolute atomic E-state index is 10.6. The molecule has 2 aromatic rings. The minimum absolute atomic E-state index is 0.663. The van der Waals surface area contributed by atoms with Crippen molar-refractivity contribution in [3.8, 4) is 0 Å². The van der Waals surface area contributed by atoms with Crippen LogP contribution in [0.25, 0.3) is 0 Å². The van der Waals surface area contributed by atoms with E-state index < -0.39 is 6.10 Å². The van der Waals surface area contributed by atoms with Crippen LogP contribution in [0.3, 0.4) is 0 Å². The number of rotatable bonds is 3. The van der Waals surface area contributed by atoms with Gasteiger partial charge in [-0.2, -0.15) is 0 Å². The molecule has 0 fully saturated rings. The van der Waals surface area contributed by atoms with E-state index in [1.165, 1.54) is 0 Å². The first kappa shape index (κ1) is 13.2. The number of amidine groups is 1. The molecule has 2 aromatic carbocycles. The highest BCUT2D eigenvalue weighted by molar-refractivity contribution is 6.30. The molecule has 102 valence electrons. The number of aliphatic imine (C=N–C) groups is 1. The number of nitrogens with zero attached hydrogens (tertiary/aromatic N) is 1. The summed E-state index contributed by atoms with van der Waals surface area (Å²) >= 11 is 5.89. The molecule has 0 saturated heterocycles. The molecule has 20 heavy (non-hydrogen) atoms. The molecule has 0 unspecified atom stereocenters. The molecule has 3 rings (SSSR count). The Hall–Kier alpha value is -1.84. The number of aliphatic hydroxyl groups excluding tert-OH is 1. The van der Waals surface area contributed by atoms with Crippen molar-refractivity contribution < 1.29 is 5.11 Å². The van der Waals surface area contributed by atoms with Gasteiger partial charge < -0.3 is 10.4 Å². The van der Waals surface area contributed by atoms with Crippen LogP contribution >= 0.6 is 11.6 Å². The van der Waals surface area contributed by atoms with Crippen LogP contribution in [-0.2, 0) is 0 Å². The molecule has 1 aliphatic heterocycles. The van der Waals surface area contributed by atoms with Gasteiger partial charge in [0.15, 0.2) is 0 Å². The van der Waals surface area contributed by atoms with Crippen LogP contribution in [0.2, 0.25) is 5.02 Å². The van der Waals surface area contributed by atoms with Gasteiger partial charge in [-0.25, -0.2) is 0 Å². The van der Waals surface area contributed by atoms with Crippen molar-refractivity contribution >= 4 is 17.4 Å². The van der Waals surface area contributed by atoms with E-state index in [2.05, 4.69) is 10.3 Å². The molecule has 0 aromatic heterocycles. The van der Waals surface area contributed by atoms with Crippen molar-refractivity contribution in [3.63, 3.8) is 0 Å². The molecular weight excluding hydrogens is 272 g/mol. The van der Waals surface area contributed by atoms with Crippen molar-refractivity contribution in [1.82, 2.24) is 5.32 Å². The summed E-state index contributed by atoms with van der Waals surface area (Å²) in [6.07, 6.45) is -0.687. The molecule has 1 atom stereocenters. The molecule has 1 heterocycles. The Kier molecular flexibility index (Phi) is 3.72. The Balaban J connectivity index is 1.99. The number of nitrogens with one attached hydrogen (secondary N) is 1. The Morgan fingerprint density at radius 1 is 1.10 bits per heavy atom. The number of hydrogen-bond donors (Lipinski definition) is 2. The predicted molar refractivity (Wildman–Crippen MR) is 81.4 cm³/mol. The van der Waals surface area contributed by atoms with Gasteiger partial charge in [0.2, 0.25) is 0 Å². The number of hydrogen-bond acceptors (Lipinski definition) is 3. The van der Waals surface area contributed by atoms with Crippen LogP contribution in [0.4, 0.5) is 0 Å². The molecule has 4 heteroatoms. The van der Waals surface area contributed by atoms with E-state index in [1.807, 2.05) is 36.4 Å². The maximum Gasteiger partial charge on any atom is 0.128 e. The van der Waals surface area contributed by atoms with Crippen molar-refractivity contribution in [3.05, 3.63) is 70.2 Å². The fourth-order valence-corrected chi connectivity index (χ4v) is 2.48. The summed E-state index contributed by atoms with van der Waals surface area (Å²) in [6.45, 7) is 1.63. The summed E-state index contributed by atoms with van der Waals surface area (Å²) in [7, 11) is 0. The van der Waals surface area contributed by atoms with E-state index in [0.717, 1.165) is 35.6 Å². The van der Waals surface area contributed by atoms with Gasteiger partial charge in [0.05, 0.1) is 6.54 Å². The monoisotopic (exact) mass is 286 g/mol. The zero-order valence-corrected chi connectivity index (χ0v) is 11.6. The normalized spacial score (nSPS) is 15.6. The summed E-state index contributed by atoms with van der Waals surface area (Å²) < 4.78 is 0. The van der Waals surface area contributed by atoms with Crippen molar-refractivity contribution in [2.45, 2.75) is 6.10 Å². The molecule has 1 aliphatic rings. The minimum atomic E-state index is -0.687. The summed E-state index contributed by atoms with van der Waals surface area (Å²) in [5.74, 6) is 0.855. The van der Waals surface area contributed by atoms with Crippen LogP contribution in [0.5, 0.6) is 0 Å². The molecule has 2 N–H and O–H groups in total. The lowest BCUT2D eigenvalue weighted by molar-refractivity contribution is 0.220. The van der Waals surface area contributed by atoms with Gasteiger partial charge in [-0.15, -0.1) is 0 Å². The second-order valence-electron chi connectivity index (χ2n) is 4.70. The van der Waals surface area contributed by atoms with Gasteiger partial charge in [0.1, 0.15) is 11.9 Å². The Bertz CT molecular complexity index is 637. The summed E-state index contributed by atoms with van der Waals surface area (Å²) in [5.41, 5.74) is 2.62. The van der Waals surface area contributed by atoms with Gasteiger partial charge in [0.25, 0.3) is 0 Å². The van der Waals surface area contributed by atoms with Crippen LogP contribution in [0, 0.1) is 0 Å². The summed E-state index contributed by atoms with van der Waals surface area (Å²) in [4.78, 5) is 4.43. The first-order chi connectivity index (χ1) is 9.75. The SMILES string of the molecule is O[C@H](c1ccc(Cl)cc1)c1ccccc1C1=NCCN1. The van der Waals surface area contributed by atoms with Crippen LogP contribution in [0.1, 0.15) is 22.8 Å². The standard InChI is InChI=1S/C16H15ClN2O/c17-12-7-5-11(6-8-12)15(20)13-3-1-2-4-14(13)16-18-9-10-19-16/h1-8,15,20H,9-10H2,(H,18,19)/t15-/m1/s1. The molecule has 0 bridgehead atoms. The third kappa shape index (κ3) is 2.55. The first-order valence-corrected chi connectivity index (χ1v) is 6.94. The van der Waals surface area contributed by atoms with Gasteiger partial charge in [-0.1, -0.05) is 48.0 Å². The highest BCUT2D eigenvalue weighted by atomic mass is 35.5. The van der Waals surface area contributed by atoms with Gasteiger partial charge in [0, 0.05) is 17.1 Å². The quantitative estimate of drug-likeness (QED) is 0.911. The molecule has 0 aliphatic carbocycles. The lowest BCUT2D eigenvalue weighted by atomic mass is 9.96. The Morgan fingerprint density at radius 3 is 2.55 bits per heavy atom. The molecular formula is C16H15ClN2O. The van der Waals surface area contributed by atoms with Crippen LogP contribution < -0.4 is 5.32 Å². The zero-order valence-electron chi connectivity index (χ0n) is 10.9. The highest BCUT2D eigenvalue weighted by Crippen LogP contribution is 2.26. The molecule has 3 nitrogen and oxygen atoms in total. The largest absolute Gasteiger partial charge is 0.384 e. The number of halogens is 1. The minimum Gasteiger partial charge on any atom is -0.384 e. The smallest absolute Gasteiger partial charge is 0.128 e. The van der Waals surface area contributed by atoms with Crippen molar-refractivity contribution in [1.29, 1.82) is 0 Å². The van der Waals surface area contributed by atoms with E-state index in [1.54, 1.807) is 12.1 Å². The molecule has 0 radical (unpaired) electrons. The highest BCUT2D eigenvalue weighted by Gasteiger charge is 2.18. The predicted octanol–water partition coefficient (Wildman–Crippen LogP) is 2.77. The summed E-state index contributed by atoms with van der Waals surface area (Å²) in [6, 6.07) is 15.0. The average molecular weight is 287 g/mol. The first-order valence-electron chi connectivity index (χ1n) is 6.57. The van der Waals surface area contributed by atoms with Gasteiger partial charge >= 0.3 is 0 Å². The van der Waals surface area contributed by atoms with Crippen molar-refractivity contribution in [2.24, 2.45) is 4.99 Å². The van der Waals surface area contributed by atoms with E-state index >= 15 is 0 Å². The average Bonchev–Trinajstić information content (AvgIpc) is 3.01. The fraction of sp³-hybridized carbons (Fsp3) is 0.188. The van der Waals surface area contributed by atoms with E-state index in [4.69, 9.17) is 11.6 Å². The Labute approximate surface area is 122 Å². The lowest BCUT2D eigenvalue weighted by Gasteiger charge is -2.16. The van der Waals surface area contributed by atoms with Crippen molar-refractivity contribution in [2.75, 3.05) is 13.1 Å². The number of benzene rings is 2. The third-order valence-corrected chi connectivity index (χ3v) is 3.62. The van der Waals surface area contributed by atoms with E-state index in [9.17, 15) is 5.11 Å². The number of aliphatic hydroxyl groups is 1. The van der Waals surface area contributed by atoms with E-state index in [-0.39, 0.29) is 0 Å². The lowest BCUT2D eigenvalue weighted by Crippen LogP contribution is -2.21. The second kappa shape index (κ2) is 5.65. The van der Waals surface area contributed by atoms with Gasteiger partial charge in [-0.3, -0.25) is 4.99 Å². The zero-order chi connectivity index (χ0) is 13.9.